The van der Waals surface area contributed by atoms with Gasteiger partial charge in [-0.15, -0.1) is 0 Å². The first kappa shape index (κ1) is 67.5. The molecular formula is C62H108NO8+. The Morgan fingerprint density at radius 2 is 0.803 bits per heavy atom. The van der Waals surface area contributed by atoms with Crippen molar-refractivity contribution in [3.63, 3.8) is 0 Å². The van der Waals surface area contributed by atoms with Crippen LogP contribution in [0.4, 0.5) is 0 Å². The molecule has 2 unspecified atom stereocenters. The predicted octanol–water partition coefficient (Wildman–Crippen LogP) is 16.8. The number of hydrogen-bond donors (Lipinski definition) is 1. The lowest BCUT2D eigenvalue weighted by Gasteiger charge is -2.25. The number of likely N-dealkylation sites (N-methyl/N-ethyl adjacent to an activating group) is 1. The molecule has 1 N–H and O–H groups in total. The van der Waals surface area contributed by atoms with E-state index in [2.05, 4.69) is 98.9 Å². The molecule has 0 fully saturated rings. The lowest BCUT2D eigenvalue weighted by Crippen LogP contribution is -2.40. The number of hydrogen-bond acceptors (Lipinski definition) is 7. The standard InChI is InChI=1S/C62H107NO8/c1-6-8-10-12-14-16-17-18-19-20-21-22-23-24-25-26-27-28-29-30-31-32-33-34-35-36-37-38-39-40-41-42-43-45-47-49-51-53-60(65)71-58(57-70-62(61(66)67)68-55-54-63(3,4)5)56-69-59(64)52-50-48-46-44-15-13-11-9-7-2/h8,10,14,16,18-19,21-22,24-25,27-28,30-31,58,62H,6-7,9,11-13,15,17,20,23,26,29,32-57H2,1-5H3/p+1/b10-8-,16-14-,19-18-,22-21-,25-24-,28-27-,31-30-. The summed E-state index contributed by atoms with van der Waals surface area (Å²) in [6.07, 6.45) is 66.9. The summed E-state index contributed by atoms with van der Waals surface area (Å²) in [5, 5.41) is 9.66. The van der Waals surface area contributed by atoms with E-state index < -0.39 is 24.3 Å². The molecule has 2 atom stereocenters. The van der Waals surface area contributed by atoms with Crippen LogP contribution in [0.5, 0.6) is 0 Å². The third kappa shape index (κ3) is 54.1. The number of nitrogens with zero attached hydrogens (tertiary/aromatic N) is 1. The zero-order chi connectivity index (χ0) is 52.0. The van der Waals surface area contributed by atoms with Crippen molar-refractivity contribution in [3.05, 3.63) is 85.1 Å². The summed E-state index contributed by atoms with van der Waals surface area (Å²) >= 11 is 0. The third-order valence-corrected chi connectivity index (χ3v) is 12.2. The second-order valence-corrected chi connectivity index (χ2v) is 20.2. The first-order valence-corrected chi connectivity index (χ1v) is 28.8. The maximum absolute atomic E-state index is 12.8. The van der Waals surface area contributed by atoms with Crippen molar-refractivity contribution in [2.45, 2.75) is 245 Å². The van der Waals surface area contributed by atoms with Gasteiger partial charge in [-0.1, -0.05) is 234 Å². The monoisotopic (exact) mass is 995 g/mol. The van der Waals surface area contributed by atoms with Crippen LogP contribution in [0.25, 0.3) is 0 Å². The van der Waals surface area contributed by atoms with Gasteiger partial charge < -0.3 is 28.5 Å². The molecule has 71 heavy (non-hydrogen) atoms. The minimum atomic E-state index is -1.51. The van der Waals surface area contributed by atoms with Crippen molar-refractivity contribution >= 4 is 17.9 Å². The Balaban J connectivity index is 4.02. The van der Waals surface area contributed by atoms with E-state index in [0.717, 1.165) is 83.5 Å². The first-order chi connectivity index (χ1) is 34.6. The number of carboxylic acids is 1. The fraction of sp³-hybridized carbons (Fsp3) is 0.726. The van der Waals surface area contributed by atoms with Crippen molar-refractivity contribution in [2.75, 3.05) is 47.5 Å². The van der Waals surface area contributed by atoms with Gasteiger partial charge in [-0.3, -0.25) is 9.59 Å². The van der Waals surface area contributed by atoms with Gasteiger partial charge in [0, 0.05) is 12.8 Å². The summed E-state index contributed by atoms with van der Waals surface area (Å²) in [6, 6.07) is 0. The van der Waals surface area contributed by atoms with E-state index in [0.29, 0.717) is 17.4 Å². The molecule has 9 heteroatoms. The average Bonchev–Trinajstić information content (AvgIpc) is 3.34. The molecule has 9 nitrogen and oxygen atoms in total. The van der Waals surface area contributed by atoms with Gasteiger partial charge in [0.25, 0.3) is 6.29 Å². The molecule has 0 bridgehead atoms. The quantitative estimate of drug-likeness (QED) is 0.0211. The molecule has 408 valence electrons. The van der Waals surface area contributed by atoms with E-state index in [1.807, 2.05) is 21.1 Å². The second kappa shape index (κ2) is 52.8. The Hall–Kier alpha value is -3.53. The van der Waals surface area contributed by atoms with E-state index in [1.165, 1.54) is 122 Å². The molecule has 0 rings (SSSR count). The van der Waals surface area contributed by atoms with Crippen LogP contribution < -0.4 is 0 Å². The molecule has 0 amide bonds. The summed E-state index contributed by atoms with van der Waals surface area (Å²) in [7, 11) is 5.96. The zero-order valence-electron chi connectivity index (χ0n) is 46.4. The Morgan fingerprint density at radius 3 is 1.20 bits per heavy atom. The molecule has 0 heterocycles. The topological polar surface area (TPSA) is 108 Å². The molecule has 0 saturated heterocycles. The highest BCUT2D eigenvalue weighted by Gasteiger charge is 2.25. The fourth-order valence-electron chi connectivity index (χ4n) is 7.76. The summed E-state index contributed by atoms with van der Waals surface area (Å²) in [6.45, 7) is 4.74. The number of ether oxygens (including phenoxy) is 4. The zero-order valence-corrected chi connectivity index (χ0v) is 46.4. The van der Waals surface area contributed by atoms with Crippen molar-refractivity contribution in [1.29, 1.82) is 0 Å². The molecule has 0 saturated carbocycles. The lowest BCUT2D eigenvalue weighted by molar-refractivity contribution is -0.870. The van der Waals surface area contributed by atoms with Gasteiger partial charge >= 0.3 is 17.9 Å². The molecule has 0 aromatic carbocycles. The van der Waals surface area contributed by atoms with Crippen molar-refractivity contribution in [2.24, 2.45) is 0 Å². The van der Waals surface area contributed by atoms with Crippen molar-refractivity contribution in [3.8, 4) is 0 Å². The fourth-order valence-corrected chi connectivity index (χ4v) is 7.76. The number of carbonyl (C=O) groups is 3. The smallest absolute Gasteiger partial charge is 0.361 e. The summed E-state index contributed by atoms with van der Waals surface area (Å²) < 4.78 is 22.8. The Kier molecular flexibility index (Phi) is 50.2. The minimum Gasteiger partial charge on any atom is -0.477 e. The van der Waals surface area contributed by atoms with Crippen molar-refractivity contribution < 1.29 is 42.9 Å². The van der Waals surface area contributed by atoms with Gasteiger partial charge in [0.15, 0.2) is 6.10 Å². The van der Waals surface area contributed by atoms with Gasteiger partial charge in [0.1, 0.15) is 13.2 Å². The van der Waals surface area contributed by atoms with Gasteiger partial charge in [-0.05, 0) is 70.6 Å². The summed E-state index contributed by atoms with van der Waals surface area (Å²) in [5.41, 5.74) is 0. The van der Waals surface area contributed by atoms with Crippen LogP contribution in [-0.4, -0.2) is 87.4 Å². The van der Waals surface area contributed by atoms with Crippen molar-refractivity contribution in [1.82, 2.24) is 0 Å². The molecular weight excluding hydrogens is 887 g/mol. The van der Waals surface area contributed by atoms with Crippen LogP contribution in [0, 0.1) is 0 Å². The largest absolute Gasteiger partial charge is 0.477 e. The van der Waals surface area contributed by atoms with E-state index in [4.69, 9.17) is 18.9 Å². The number of unbranched alkanes of at least 4 members (excludes halogenated alkanes) is 23. The van der Waals surface area contributed by atoms with Crippen LogP contribution in [0.15, 0.2) is 85.1 Å². The van der Waals surface area contributed by atoms with Crippen LogP contribution >= 0.6 is 0 Å². The molecule has 0 aromatic rings. The van der Waals surface area contributed by atoms with Gasteiger partial charge in [0.2, 0.25) is 0 Å². The third-order valence-electron chi connectivity index (χ3n) is 12.2. The number of rotatable bonds is 52. The first-order valence-electron chi connectivity index (χ1n) is 28.8. The van der Waals surface area contributed by atoms with Crippen LogP contribution in [0.2, 0.25) is 0 Å². The van der Waals surface area contributed by atoms with E-state index >= 15 is 0 Å². The van der Waals surface area contributed by atoms with Gasteiger partial charge in [-0.25, -0.2) is 4.79 Å². The second-order valence-electron chi connectivity index (χ2n) is 20.2. The molecule has 0 aliphatic rings. The highest BCUT2D eigenvalue weighted by atomic mass is 16.7. The number of aliphatic carboxylic acids is 1. The normalized spacial score (nSPS) is 13.4. The summed E-state index contributed by atoms with van der Waals surface area (Å²) in [5.74, 6) is -2.01. The molecule has 0 aromatic heterocycles. The van der Waals surface area contributed by atoms with Crippen LogP contribution in [0.3, 0.4) is 0 Å². The number of esters is 2. The number of allylic oxidation sites excluding steroid dienone is 14. The Morgan fingerprint density at radius 1 is 0.437 bits per heavy atom. The highest BCUT2D eigenvalue weighted by molar-refractivity contribution is 5.71. The summed E-state index contributed by atoms with van der Waals surface area (Å²) in [4.78, 5) is 37.2. The molecule has 0 aliphatic heterocycles. The van der Waals surface area contributed by atoms with Gasteiger partial charge in [-0.2, -0.15) is 0 Å². The molecule has 0 radical (unpaired) electrons. The Labute approximate surface area is 436 Å². The van der Waals surface area contributed by atoms with E-state index in [1.54, 1.807) is 0 Å². The van der Waals surface area contributed by atoms with Crippen LogP contribution in [-0.2, 0) is 33.3 Å². The van der Waals surface area contributed by atoms with Crippen LogP contribution in [0.1, 0.15) is 232 Å². The molecule has 0 spiro atoms. The van der Waals surface area contributed by atoms with E-state index in [-0.39, 0.29) is 32.2 Å². The lowest BCUT2D eigenvalue weighted by atomic mass is 10.0. The number of carboxylic acid groups (broad SMARTS) is 1. The molecule has 0 aliphatic carbocycles. The van der Waals surface area contributed by atoms with Gasteiger partial charge in [0.05, 0.1) is 34.4 Å². The highest BCUT2D eigenvalue weighted by Crippen LogP contribution is 2.16. The maximum Gasteiger partial charge on any atom is 0.361 e. The minimum absolute atomic E-state index is 0.182. The average molecular weight is 996 g/mol. The SMILES string of the molecule is CC/C=C\C/C=C\C/C=C\C/C=C\C/C=C\C/C=C\C/C=C\CCCCCCCCCCCCCCCCCC(=O)OC(COC(=O)CCCCCCCCCCC)COC(OCC[N+](C)(C)C)C(=O)O. The number of quaternary nitrogens is 1. The Bertz CT molecular complexity index is 1440. The maximum atomic E-state index is 12.8. The predicted molar refractivity (Wildman–Crippen MR) is 299 cm³/mol. The van der Waals surface area contributed by atoms with E-state index in [9.17, 15) is 19.5 Å². The number of carbonyl (C=O) groups excluding carboxylic acids is 2.